The molecule has 3 heterocycles. The first-order valence-corrected chi connectivity index (χ1v) is 9.96. The van der Waals surface area contributed by atoms with E-state index in [9.17, 15) is 5.26 Å². The van der Waals surface area contributed by atoms with Gasteiger partial charge in [0, 0.05) is 43.3 Å². The van der Waals surface area contributed by atoms with Crippen LogP contribution in [0.4, 0.5) is 17.3 Å². The second kappa shape index (κ2) is 8.63. The Hall–Kier alpha value is -2.56. The first-order chi connectivity index (χ1) is 13.7. The van der Waals surface area contributed by atoms with Crippen molar-refractivity contribution in [2.24, 2.45) is 0 Å². The van der Waals surface area contributed by atoms with Crippen molar-refractivity contribution in [3.63, 3.8) is 0 Å². The molecule has 1 aromatic carbocycles. The maximum Gasteiger partial charge on any atom is 0.134 e. The summed E-state index contributed by atoms with van der Waals surface area (Å²) in [6.45, 7) is 4.94. The molecule has 0 aliphatic carbocycles. The first kappa shape index (κ1) is 18.8. The standard InChI is InChI=1S/C20H23ClN6O/c21-16-4-3-15(12-22)18(10-16)25-17-2-1-5-27(13-17)20-11-19(23-14-24-20)26-6-8-28-9-7-26/h3-4,10-11,14,17,25H,1-2,5-9,13H2. The largest absolute Gasteiger partial charge is 0.379 e. The lowest BCUT2D eigenvalue weighted by Gasteiger charge is -2.35. The molecular weight excluding hydrogens is 376 g/mol. The van der Waals surface area contributed by atoms with Gasteiger partial charge in [0.05, 0.1) is 24.5 Å². The van der Waals surface area contributed by atoms with E-state index in [1.807, 2.05) is 6.07 Å². The Labute approximate surface area is 169 Å². The van der Waals surface area contributed by atoms with Crippen LogP contribution in [0.15, 0.2) is 30.6 Å². The van der Waals surface area contributed by atoms with Gasteiger partial charge in [-0.2, -0.15) is 5.26 Å². The molecule has 4 rings (SSSR count). The number of hydrogen-bond donors (Lipinski definition) is 1. The maximum atomic E-state index is 9.35. The minimum Gasteiger partial charge on any atom is -0.379 e. The molecule has 1 atom stereocenters. The minimum absolute atomic E-state index is 0.223. The second-order valence-electron chi connectivity index (χ2n) is 7.07. The lowest BCUT2D eigenvalue weighted by molar-refractivity contribution is 0.122. The van der Waals surface area contributed by atoms with Crippen LogP contribution in [0.1, 0.15) is 18.4 Å². The molecule has 0 amide bonds. The van der Waals surface area contributed by atoms with E-state index < -0.39 is 0 Å². The lowest BCUT2D eigenvalue weighted by atomic mass is 10.0. The van der Waals surface area contributed by atoms with Gasteiger partial charge >= 0.3 is 0 Å². The normalized spacial score (nSPS) is 19.9. The highest BCUT2D eigenvalue weighted by atomic mass is 35.5. The highest BCUT2D eigenvalue weighted by Crippen LogP contribution is 2.26. The third-order valence-electron chi connectivity index (χ3n) is 5.18. The SMILES string of the molecule is N#Cc1ccc(Cl)cc1NC1CCCN(c2cc(N3CCOCC3)ncn2)C1. The fourth-order valence-corrected chi connectivity index (χ4v) is 3.90. The highest BCUT2D eigenvalue weighted by Gasteiger charge is 2.23. The van der Waals surface area contributed by atoms with Crippen molar-refractivity contribution in [3.8, 4) is 6.07 Å². The average molecular weight is 399 g/mol. The van der Waals surface area contributed by atoms with Gasteiger partial charge < -0.3 is 19.9 Å². The molecule has 2 fully saturated rings. The molecule has 1 unspecified atom stereocenters. The number of nitrogens with one attached hydrogen (secondary N) is 1. The number of aromatic nitrogens is 2. The average Bonchev–Trinajstić information content (AvgIpc) is 2.75. The van der Waals surface area contributed by atoms with Gasteiger partial charge in [-0.05, 0) is 31.0 Å². The molecule has 0 bridgehead atoms. The van der Waals surface area contributed by atoms with Gasteiger partial charge in [-0.25, -0.2) is 9.97 Å². The Bertz CT molecular complexity index is 864. The van der Waals surface area contributed by atoms with Crippen molar-refractivity contribution in [3.05, 3.63) is 41.2 Å². The molecule has 2 saturated heterocycles. The van der Waals surface area contributed by atoms with Crippen LogP contribution in [0.3, 0.4) is 0 Å². The summed E-state index contributed by atoms with van der Waals surface area (Å²) >= 11 is 6.12. The van der Waals surface area contributed by atoms with Gasteiger partial charge in [0.25, 0.3) is 0 Å². The van der Waals surface area contributed by atoms with Crippen LogP contribution in [-0.2, 0) is 4.74 Å². The quantitative estimate of drug-likeness (QED) is 0.848. The predicted octanol–water partition coefficient (Wildman–Crippen LogP) is 2.92. The molecule has 28 heavy (non-hydrogen) atoms. The van der Waals surface area contributed by atoms with Crippen LogP contribution >= 0.6 is 11.6 Å². The molecule has 7 nitrogen and oxygen atoms in total. The summed E-state index contributed by atoms with van der Waals surface area (Å²) in [6.07, 6.45) is 3.73. The minimum atomic E-state index is 0.223. The monoisotopic (exact) mass is 398 g/mol. The van der Waals surface area contributed by atoms with Crippen molar-refractivity contribution in [2.45, 2.75) is 18.9 Å². The van der Waals surface area contributed by atoms with Gasteiger partial charge in [-0.3, -0.25) is 0 Å². The molecule has 2 aromatic rings. The molecule has 0 saturated carbocycles. The van der Waals surface area contributed by atoms with Crippen LogP contribution in [0.25, 0.3) is 0 Å². The topological polar surface area (TPSA) is 77.3 Å². The Balaban J connectivity index is 1.47. The number of rotatable bonds is 4. The first-order valence-electron chi connectivity index (χ1n) is 9.59. The van der Waals surface area contributed by atoms with Crippen molar-refractivity contribution in [1.82, 2.24) is 9.97 Å². The van der Waals surface area contributed by atoms with E-state index >= 15 is 0 Å². The molecule has 0 spiro atoms. The summed E-state index contributed by atoms with van der Waals surface area (Å²) in [6, 6.07) is 9.83. The van der Waals surface area contributed by atoms with Gasteiger partial charge in [0.1, 0.15) is 24.0 Å². The van der Waals surface area contributed by atoms with E-state index in [2.05, 4.69) is 37.2 Å². The molecule has 8 heteroatoms. The van der Waals surface area contributed by atoms with E-state index in [0.29, 0.717) is 10.6 Å². The molecule has 1 N–H and O–H groups in total. The third kappa shape index (κ3) is 4.29. The van der Waals surface area contributed by atoms with Crippen molar-refractivity contribution in [1.29, 1.82) is 5.26 Å². The van der Waals surface area contributed by atoms with Crippen LogP contribution < -0.4 is 15.1 Å². The van der Waals surface area contributed by atoms with E-state index in [4.69, 9.17) is 16.3 Å². The van der Waals surface area contributed by atoms with Crippen LogP contribution in [-0.4, -0.2) is 55.4 Å². The van der Waals surface area contributed by atoms with Gasteiger partial charge in [-0.15, -0.1) is 0 Å². The van der Waals surface area contributed by atoms with E-state index in [1.165, 1.54) is 0 Å². The summed E-state index contributed by atoms with van der Waals surface area (Å²) in [4.78, 5) is 13.5. The molecule has 146 valence electrons. The zero-order valence-electron chi connectivity index (χ0n) is 15.6. The number of nitriles is 1. The van der Waals surface area contributed by atoms with Crippen LogP contribution in [0.5, 0.6) is 0 Å². The Morgan fingerprint density at radius 2 is 1.89 bits per heavy atom. The molecule has 2 aliphatic heterocycles. The number of benzene rings is 1. The number of halogens is 1. The number of nitrogens with zero attached hydrogens (tertiary/aromatic N) is 5. The number of piperidine rings is 1. The van der Waals surface area contributed by atoms with E-state index in [-0.39, 0.29) is 6.04 Å². The zero-order valence-corrected chi connectivity index (χ0v) is 16.4. The van der Waals surface area contributed by atoms with Crippen molar-refractivity contribution < 1.29 is 4.74 Å². The molecule has 0 radical (unpaired) electrons. The summed E-state index contributed by atoms with van der Waals surface area (Å²) in [7, 11) is 0. The van der Waals surface area contributed by atoms with Crippen LogP contribution in [0, 0.1) is 11.3 Å². The molecule has 1 aromatic heterocycles. The van der Waals surface area contributed by atoms with Gasteiger partial charge in [0.2, 0.25) is 0 Å². The van der Waals surface area contributed by atoms with Crippen LogP contribution in [0.2, 0.25) is 5.02 Å². The number of hydrogen-bond acceptors (Lipinski definition) is 7. The predicted molar refractivity (Wildman–Crippen MR) is 110 cm³/mol. The summed E-state index contributed by atoms with van der Waals surface area (Å²) < 4.78 is 5.43. The Kier molecular flexibility index (Phi) is 5.79. The fourth-order valence-electron chi connectivity index (χ4n) is 3.73. The molecular formula is C20H23ClN6O. The van der Waals surface area contributed by atoms with Gasteiger partial charge in [-0.1, -0.05) is 11.6 Å². The number of ether oxygens (including phenoxy) is 1. The third-order valence-corrected chi connectivity index (χ3v) is 5.42. The van der Waals surface area contributed by atoms with E-state index in [0.717, 1.165) is 69.6 Å². The lowest BCUT2D eigenvalue weighted by Crippen LogP contribution is -2.43. The molecule has 2 aliphatic rings. The van der Waals surface area contributed by atoms with Gasteiger partial charge in [0.15, 0.2) is 0 Å². The number of morpholine rings is 1. The van der Waals surface area contributed by atoms with E-state index in [1.54, 1.807) is 18.5 Å². The maximum absolute atomic E-state index is 9.35. The second-order valence-corrected chi connectivity index (χ2v) is 7.50. The zero-order chi connectivity index (χ0) is 19.3. The van der Waals surface area contributed by atoms with Crippen molar-refractivity contribution in [2.75, 3.05) is 54.5 Å². The summed E-state index contributed by atoms with van der Waals surface area (Å²) in [5.41, 5.74) is 1.40. The Morgan fingerprint density at radius 1 is 1.11 bits per heavy atom. The smallest absolute Gasteiger partial charge is 0.134 e. The number of anilines is 3. The Morgan fingerprint density at radius 3 is 2.68 bits per heavy atom. The fraction of sp³-hybridized carbons (Fsp3) is 0.450. The highest BCUT2D eigenvalue weighted by molar-refractivity contribution is 6.30. The summed E-state index contributed by atoms with van der Waals surface area (Å²) in [5.74, 6) is 1.89. The summed E-state index contributed by atoms with van der Waals surface area (Å²) in [5, 5.41) is 13.5. The van der Waals surface area contributed by atoms with Crippen molar-refractivity contribution >= 4 is 28.9 Å².